The number of hydrogen-bond donors (Lipinski definition) is 2. The van der Waals surface area contributed by atoms with Crippen LogP contribution in [0.25, 0.3) is 10.8 Å². The Kier molecular flexibility index (Phi) is 7.37. The smallest absolute Gasteiger partial charge is 0.276 e. The highest BCUT2D eigenvalue weighted by atomic mass is 16.5. The Balaban J connectivity index is 1.23. The Morgan fingerprint density at radius 3 is 2.11 bits per heavy atom. The molecule has 4 aromatic rings. The minimum Gasteiger partial charge on any atom is -0.489 e. The van der Waals surface area contributed by atoms with Gasteiger partial charge in [-0.25, -0.2) is 4.68 Å². The first-order chi connectivity index (χ1) is 17.0. The number of fused-ring (bicyclic) bond motifs is 1. The molecule has 0 aliphatic heterocycles. The zero-order valence-electron chi connectivity index (χ0n) is 19.1. The molecule has 9 nitrogen and oxygen atoms in total. The molecule has 1 aromatic heterocycles. The van der Waals surface area contributed by atoms with E-state index in [0.717, 1.165) is 5.56 Å². The van der Waals surface area contributed by atoms with Crippen LogP contribution >= 0.6 is 0 Å². The molecule has 2 N–H and O–H groups in total. The number of aryl methyl sites for hydroxylation is 1. The maximum Gasteiger partial charge on any atom is 0.276 e. The number of nitrogens with zero attached hydrogens (tertiary/aromatic N) is 2. The Morgan fingerprint density at radius 1 is 0.800 bits per heavy atom. The molecule has 1 heterocycles. The van der Waals surface area contributed by atoms with E-state index in [-0.39, 0.29) is 18.6 Å². The van der Waals surface area contributed by atoms with Crippen LogP contribution < -0.4 is 25.9 Å². The van der Waals surface area contributed by atoms with Gasteiger partial charge in [0.15, 0.2) is 6.61 Å². The SMILES string of the molecule is Cn1nc(CC(=O)NNC(=O)COc2ccc(OCc3ccccc3)cc2)c2ccccc2c1=O. The van der Waals surface area contributed by atoms with Crippen molar-refractivity contribution in [2.75, 3.05) is 6.61 Å². The maximum atomic E-state index is 12.3. The van der Waals surface area contributed by atoms with Crippen LogP contribution in [-0.4, -0.2) is 28.2 Å². The van der Waals surface area contributed by atoms with Gasteiger partial charge in [0, 0.05) is 12.4 Å². The number of ether oxygens (including phenoxy) is 2. The van der Waals surface area contributed by atoms with Gasteiger partial charge in [-0.15, -0.1) is 0 Å². The van der Waals surface area contributed by atoms with Gasteiger partial charge in [0.1, 0.15) is 18.1 Å². The molecule has 0 saturated heterocycles. The molecule has 0 atom stereocenters. The molecule has 2 amide bonds. The number of carbonyl (C=O) groups excluding carboxylic acids is 2. The first-order valence-electron chi connectivity index (χ1n) is 10.9. The zero-order chi connectivity index (χ0) is 24.6. The van der Waals surface area contributed by atoms with Crippen molar-refractivity contribution in [3.8, 4) is 11.5 Å². The molecular weight excluding hydrogens is 448 g/mol. The van der Waals surface area contributed by atoms with Crippen LogP contribution in [0.5, 0.6) is 11.5 Å². The minimum absolute atomic E-state index is 0.111. The normalized spacial score (nSPS) is 10.5. The van der Waals surface area contributed by atoms with E-state index in [4.69, 9.17) is 9.47 Å². The van der Waals surface area contributed by atoms with Crippen LogP contribution in [-0.2, 0) is 29.7 Å². The Hall–Kier alpha value is -4.66. The molecule has 4 rings (SSSR count). The molecule has 3 aromatic carbocycles. The van der Waals surface area contributed by atoms with Gasteiger partial charge in [-0.1, -0.05) is 48.5 Å². The van der Waals surface area contributed by atoms with E-state index in [1.54, 1.807) is 48.5 Å². The van der Waals surface area contributed by atoms with Crippen LogP contribution in [0, 0.1) is 0 Å². The highest BCUT2D eigenvalue weighted by molar-refractivity contribution is 5.89. The van der Waals surface area contributed by atoms with Gasteiger partial charge in [0.25, 0.3) is 11.5 Å². The van der Waals surface area contributed by atoms with E-state index >= 15 is 0 Å². The molecule has 178 valence electrons. The number of carbonyl (C=O) groups is 2. The van der Waals surface area contributed by atoms with Crippen LogP contribution in [0.3, 0.4) is 0 Å². The summed E-state index contributed by atoms with van der Waals surface area (Å²) in [5.74, 6) is 0.160. The highest BCUT2D eigenvalue weighted by Crippen LogP contribution is 2.18. The molecule has 35 heavy (non-hydrogen) atoms. The van der Waals surface area contributed by atoms with Crippen molar-refractivity contribution in [1.29, 1.82) is 0 Å². The summed E-state index contributed by atoms with van der Waals surface area (Å²) in [5.41, 5.74) is 5.90. The number of nitrogens with one attached hydrogen (secondary N) is 2. The summed E-state index contributed by atoms with van der Waals surface area (Å²) in [6.07, 6.45) is -0.111. The quantitative estimate of drug-likeness (QED) is 0.381. The lowest BCUT2D eigenvalue weighted by atomic mass is 10.1. The summed E-state index contributed by atoms with van der Waals surface area (Å²) in [5, 5.41) is 5.24. The number of aromatic nitrogens is 2. The Morgan fingerprint density at radius 2 is 1.40 bits per heavy atom. The lowest BCUT2D eigenvalue weighted by Crippen LogP contribution is -2.44. The van der Waals surface area contributed by atoms with E-state index in [0.29, 0.717) is 34.6 Å². The molecular formula is C26H24N4O5. The Bertz CT molecular complexity index is 1380. The number of hydrogen-bond acceptors (Lipinski definition) is 6. The predicted molar refractivity (Wildman–Crippen MR) is 130 cm³/mol. The topological polar surface area (TPSA) is 112 Å². The molecule has 0 fully saturated rings. The standard InChI is InChI=1S/C26H24N4O5/c1-30-26(33)22-10-6-5-9-21(22)23(29-30)15-24(31)27-28-25(32)17-35-20-13-11-19(12-14-20)34-16-18-7-3-2-4-8-18/h2-14H,15-17H2,1H3,(H,27,31)(H,28,32). The maximum absolute atomic E-state index is 12.3. The minimum atomic E-state index is -0.527. The summed E-state index contributed by atoms with van der Waals surface area (Å²) in [4.78, 5) is 36.6. The lowest BCUT2D eigenvalue weighted by Gasteiger charge is -2.11. The van der Waals surface area contributed by atoms with Crippen molar-refractivity contribution in [2.45, 2.75) is 13.0 Å². The zero-order valence-corrected chi connectivity index (χ0v) is 19.1. The molecule has 0 spiro atoms. The first kappa shape index (κ1) is 23.5. The van der Waals surface area contributed by atoms with Crippen LogP contribution in [0.1, 0.15) is 11.3 Å². The molecule has 0 aliphatic carbocycles. The van der Waals surface area contributed by atoms with Gasteiger partial charge in [-0.3, -0.25) is 25.2 Å². The average Bonchev–Trinajstić information content (AvgIpc) is 2.89. The Labute approximate surface area is 201 Å². The molecule has 0 aliphatic rings. The fourth-order valence-corrected chi connectivity index (χ4v) is 3.40. The lowest BCUT2D eigenvalue weighted by molar-refractivity contribution is -0.129. The summed E-state index contributed by atoms with van der Waals surface area (Å²) < 4.78 is 12.4. The fraction of sp³-hybridized carbons (Fsp3) is 0.154. The van der Waals surface area contributed by atoms with Gasteiger partial charge in [-0.2, -0.15) is 5.10 Å². The van der Waals surface area contributed by atoms with E-state index < -0.39 is 11.8 Å². The van der Waals surface area contributed by atoms with Gasteiger partial charge < -0.3 is 9.47 Å². The third kappa shape index (κ3) is 6.23. The summed E-state index contributed by atoms with van der Waals surface area (Å²) in [6, 6.07) is 23.6. The number of amides is 2. The van der Waals surface area contributed by atoms with Crippen LogP contribution in [0.4, 0.5) is 0 Å². The molecule has 0 bridgehead atoms. The first-order valence-corrected chi connectivity index (χ1v) is 10.9. The summed E-state index contributed by atoms with van der Waals surface area (Å²) >= 11 is 0. The number of rotatable bonds is 8. The second-order valence-electron chi connectivity index (χ2n) is 7.73. The van der Waals surface area contributed by atoms with Gasteiger partial charge in [0.2, 0.25) is 5.91 Å². The fourth-order valence-electron chi connectivity index (χ4n) is 3.40. The van der Waals surface area contributed by atoms with E-state index in [9.17, 15) is 14.4 Å². The van der Waals surface area contributed by atoms with Crippen molar-refractivity contribution >= 4 is 22.6 Å². The third-order valence-electron chi connectivity index (χ3n) is 5.14. The number of benzene rings is 3. The highest BCUT2D eigenvalue weighted by Gasteiger charge is 2.13. The largest absolute Gasteiger partial charge is 0.489 e. The van der Waals surface area contributed by atoms with Gasteiger partial charge >= 0.3 is 0 Å². The second kappa shape index (κ2) is 11.0. The monoisotopic (exact) mass is 472 g/mol. The third-order valence-corrected chi connectivity index (χ3v) is 5.14. The van der Waals surface area contributed by atoms with Crippen LogP contribution in [0.2, 0.25) is 0 Å². The van der Waals surface area contributed by atoms with Gasteiger partial charge in [-0.05, 0) is 35.9 Å². The summed E-state index contributed by atoms with van der Waals surface area (Å²) in [6.45, 7) is 0.166. The average molecular weight is 473 g/mol. The van der Waals surface area contributed by atoms with Crippen molar-refractivity contribution < 1.29 is 19.1 Å². The second-order valence-corrected chi connectivity index (χ2v) is 7.73. The van der Waals surface area contributed by atoms with Crippen molar-refractivity contribution in [1.82, 2.24) is 20.6 Å². The van der Waals surface area contributed by atoms with E-state index in [2.05, 4.69) is 16.0 Å². The van der Waals surface area contributed by atoms with Crippen molar-refractivity contribution in [3.63, 3.8) is 0 Å². The van der Waals surface area contributed by atoms with Crippen LogP contribution in [0.15, 0.2) is 83.7 Å². The van der Waals surface area contributed by atoms with Crippen molar-refractivity contribution in [3.05, 3.63) is 100 Å². The molecule has 0 radical (unpaired) electrons. The number of hydrazine groups is 1. The predicted octanol–water partition coefficient (Wildman–Crippen LogP) is 2.28. The van der Waals surface area contributed by atoms with Gasteiger partial charge in [0.05, 0.1) is 17.5 Å². The molecule has 0 saturated carbocycles. The van der Waals surface area contributed by atoms with Crippen molar-refractivity contribution in [2.24, 2.45) is 7.05 Å². The van der Waals surface area contributed by atoms with E-state index in [1.165, 1.54) is 11.7 Å². The van der Waals surface area contributed by atoms with E-state index in [1.807, 2.05) is 30.3 Å². The molecule has 0 unspecified atom stereocenters. The molecule has 9 heteroatoms. The summed E-state index contributed by atoms with van der Waals surface area (Å²) in [7, 11) is 1.53.